The molecule has 0 saturated carbocycles. The van der Waals surface area contributed by atoms with Crippen LogP contribution in [0.1, 0.15) is 51.9 Å². The second-order valence-corrected chi connectivity index (χ2v) is 2.62. The van der Waals surface area contributed by atoms with Gasteiger partial charge in [-0.3, -0.25) is 0 Å². The summed E-state index contributed by atoms with van der Waals surface area (Å²) in [6.45, 7) is 6.05. The molecule has 0 aliphatic carbocycles. The minimum absolute atomic E-state index is 0.750. The SMILES string of the molecule is [CH2]CCCCCCCC.[O]=[Ti]. The van der Waals surface area contributed by atoms with Gasteiger partial charge in [-0.1, -0.05) is 58.8 Å². The summed E-state index contributed by atoms with van der Waals surface area (Å²) in [6.07, 6.45) is 9.45. The minimum atomic E-state index is 0.750. The van der Waals surface area contributed by atoms with Gasteiger partial charge in [-0.05, 0) is 0 Å². The van der Waals surface area contributed by atoms with Crippen molar-refractivity contribution in [2.45, 2.75) is 51.9 Å². The van der Waals surface area contributed by atoms with Crippen LogP contribution in [0.4, 0.5) is 0 Å². The molecule has 1 radical (unpaired) electrons. The normalized spacial score (nSPS) is 8.45. The first-order valence-electron chi connectivity index (χ1n) is 4.41. The predicted octanol–water partition coefficient (Wildman–Crippen LogP) is 3.45. The molecule has 0 bridgehead atoms. The molecular weight excluding hydrogens is 172 g/mol. The van der Waals surface area contributed by atoms with Gasteiger partial charge in [-0.25, -0.2) is 0 Å². The Hall–Kier alpha value is 0.514. The van der Waals surface area contributed by atoms with Crippen LogP contribution in [0.25, 0.3) is 0 Å². The van der Waals surface area contributed by atoms with Crippen LogP contribution in [0.3, 0.4) is 0 Å². The van der Waals surface area contributed by atoms with Crippen LogP contribution in [0.2, 0.25) is 0 Å². The molecule has 0 saturated heterocycles. The molecule has 0 unspecified atom stereocenters. The van der Waals surface area contributed by atoms with E-state index in [1.807, 2.05) is 0 Å². The Morgan fingerprint density at radius 1 is 1.00 bits per heavy atom. The van der Waals surface area contributed by atoms with Crippen LogP contribution in [0, 0.1) is 6.92 Å². The van der Waals surface area contributed by atoms with Gasteiger partial charge in [0.15, 0.2) is 0 Å². The van der Waals surface area contributed by atoms with Crippen molar-refractivity contribution in [2.75, 3.05) is 0 Å². The van der Waals surface area contributed by atoms with Crippen molar-refractivity contribution in [3.8, 4) is 0 Å². The van der Waals surface area contributed by atoms with Gasteiger partial charge in [0.05, 0.1) is 0 Å². The van der Waals surface area contributed by atoms with Crippen LogP contribution in [0.15, 0.2) is 0 Å². The molecule has 0 atom stereocenters. The molecule has 0 aliphatic rings. The molecule has 11 heavy (non-hydrogen) atoms. The summed E-state index contributed by atoms with van der Waals surface area (Å²) in [7, 11) is 0. The third-order valence-corrected chi connectivity index (χ3v) is 1.60. The van der Waals surface area contributed by atoms with Crippen molar-refractivity contribution in [3.63, 3.8) is 0 Å². The maximum absolute atomic E-state index is 8.25. The average molecular weight is 191 g/mol. The summed E-state index contributed by atoms with van der Waals surface area (Å²) in [6, 6.07) is 0. The average Bonchev–Trinajstić information content (AvgIpc) is 2.08. The van der Waals surface area contributed by atoms with E-state index in [2.05, 4.69) is 13.8 Å². The van der Waals surface area contributed by atoms with Crippen molar-refractivity contribution in [2.24, 2.45) is 0 Å². The van der Waals surface area contributed by atoms with E-state index in [9.17, 15) is 0 Å². The standard InChI is InChI=1S/C9H19.O.Ti/c1-3-5-7-9-8-6-4-2;;/h1,3-9H2,2H3;;. The van der Waals surface area contributed by atoms with Gasteiger partial charge in [-0.15, -0.1) is 0 Å². The summed E-state index contributed by atoms with van der Waals surface area (Å²) >= 11 is 0.750. The van der Waals surface area contributed by atoms with Crippen molar-refractivity contribution in [3.05, 3.63) is 6.92 Å². The van der Waals surface area contributed by atoms with Gasteiger partial charge in [0.1, 0.15) is 0 Å². The number of hydrogen-bond acceptors (Lipinski definition) is 1. The Morgan fingerprint density at radius 2 is 1.45 bits per heavy atom. The van der Waals surface area contributed by atoms with E-state index in [1.165, 1.54) is 38.5 Å². The van der Waals surface area contributed by atoms with Crippen LogP contribution < -0.4 is 0 Å². The summed E-state index contributed by atoms with van der Waals surface area (Å²) in [5, 5.41) is 0. The molecule has 0 N–H and O–H groups in total. The number of hydrogen-bond donors (Lipinski definition) is 0. The van der Waals surface area contributed by atoms with Crippen LogP contribution in [0.5, 0.6) is 0 Å². The first kappa shape index (κ1) is 14.1. The van der Waals surface area contributed by atoms with Crippen molar-refractivity contribution < 1.29 is 23.7 Å². The van der Waals surface area contributed by atoms with Gasteiger partial charge in [0, 0.05) is 0 Å². The fourth-order valence-electron chi connectivity index (χ4n) is 0.957. The van der Waals surface area contributed by atoms with Crippen molar-refractivity contribution >= 4 is 0 Å². The van der Waals surface area contributed by atoms with Gasteiger partial charge in [-0.2, -0.15) is 0 Å². The molecule has 0 rings (SSSR count). The van der Waals surface area contributed by atoms with E-state index < -0.39 is 0 Å². The summed E-state index contributed by atoms with van der Waals surface area (Å²) in [4.78, 5) is 0. The third-order valence-electron chi connectivity index (χ3n) is 1.60. The number of unbranched alkanes of at least 4 members (excludes halogenated alkanes) is 6. The molecule has 0 aromatic heterocycles. The Labute approximate surface area is 82.7 Å². The molecule has 0 fully saturated rings. The Balaban J connectivity index is 0. The van der Waals surface area contributed by atoms with Crippen LogP contribution in [-0.4, -0.2) is 0 Å². The van der Waals surface area contributed by atoms with Gasteiger partial charge in [0.25, 0.3) is 0 Å². The van der Waals surface area contributed by atoms with E-state index in [1.54, 1.807) is 0 Å². The van der Waals surface area contributed by atoms with Crippen molar-refractivity contribution in [1.29, 1.82) is 0 Å². The fourth-order valence-corrected chi connectivity index (χ4v) is 0.957. The maximum atomic E-state index is 8.25. The van der Waals surface area contributed by atoms with Crippen LogP contribution in [-0.2, 0) is 23.7 Å². The predicted molar refractivity (Wildman–Crippen MR) is 44.0 cm³/mol. The molecular formula is C9H19OTi. The number of rotatable bonds is 6. The first-order chi connectivity index (χ1) is 5.41. The van der Waals surface area contributed by atoms with Gasteiger partial charge in [0.2, 0.25) is 0 Å². The zero-order valence-corrected chi connectivity index (χ0v) is 9.13. The third kappa shape index (κ3) is 18.0. The summed E-state index contributed by atoms with van der Waals surface area (Å²) in [5.41, 5.74) is 0. The molecule has 65 valence electrons. The second kappa shape index (κ2) is 16.9. The van der Waals surface area contributed by atoms with E-state index in [4.69, 9.17) is 3.32 Å². The van der Waals surface area contributed by atoms with Crippen molar-refractivity contribution in [1.82, 2.24) is 0 Å². The van der Waals surface area contributed by atoms with E-state index in [0.717, 1.165) is 26.8 Å². The molecule has 0 aliphatic heterocycles. The summed E-state index contributed by atoms with van der Waals surface area (Å²) < 4.78 is 8.25. The molecule has 0 aromatic carbocycles. The molecule has 0 spiro atoms. The molecule has 0 heterocycles. The topological polar surface area (TPSA) is 17.1 Å². The second-order valence-electron chi connectivity index (χ2n) is 2.62. The zero-order valence-electron chi connectivity index (χ0n) is 7.57. The Bertz CT molecular complexity index is 51.5. The van der Waals surface area contributed by atoms with Crippen LogP contribution >= 0.6 is 0 Å². The first-order valence-corrected chi connectivity index (χ1v) is 5.05. The van der Waals surface area contributed by atoms with E-state index in [0.29, 0.717) is 0 Å². The Morgan fingerprint density at radius 3 is 1.91 bits per heavy atom. The zero-order chi connectivity index (χ0) is 8.95. The van der Waals surface area contributed by atoms with Gasteiger partial charge >= 0.3 is 23.7 Å². The Kier molecular flexibility index (Phi) is 21.5. The van der Waals surface area contributed by atoms with Gasteiger partial charge < -0.3 is 0 Å². The molecule has 0 amide bonds. The fraction of sp³-hybridized carbons (Fsp3) is 0.889. The van der Waals surface area contributed by atoms with E-state index >= 15 is 0 Å². The quantitative estimate of drug-likeness (QED) is 0.464. The summed E-state index contributed by atoms with van der Waals surface area (Å²) in [5.74, 6) is 0. The molecule has 0 aromatic rings. The molecule has 1 nitrogen and oxygen atoms in total. The van der Waals surface area contributed by atoms with E-state index in [-0.39, 0.29) is 0 Å². The monoisotopic (exact) mass is 191 g/mol. The molecule has 2 heteroatoms.